The second-order valence-electron chi connectivity index (χ2n) is 4.13. The van der Waals surface area contributed by atoms with Crippen molar-refractivity contribution in [2.75, 3.05) is 10.7 Å². The van der Waals surface area contributed by atoms with Crippen LogP contribution in [-0.2, 0) is 0 Å². The molecule has 20 heavy (non-hydrogen) atoms. The highest BCUT2D eigenvalue weighted by molar-refractivity contribution is 9.10. The second kappa shape index (κ2) is 6.34. The van der Waals surface area contributed by atoms with Crippen LogP contribution in [0.5, 0.6) is 0 Å². The smallest absolute Gasteiger partial charge is 0.259 e. The first-order valence-electron chi connectivity index (χ1n) is 5.71. The summed E-state index contributed by atoms with van der Waals surface area (Å²) in [7, 11) is 0. The van der Waals surface area contributed by atoms with E-state index in [1.807, 2.05) is 25.1 Å². The molecule has 4 N–H and O–H groups in total. The maximum Gasteiger partial charge on any atom is 0.259 e. The molecule has 0 aliphatic rings. The molecule has 1 aromatic heterocycles. The minimum Gasteiger partial charge on any atom is -0.321 e. The van der Waals surface area contributed by atoms with Gasteiger partial charge in [0.2, 0.25) is 0 Å². The van der Waals surface area contributed by atoms with E-state index in [4.69, 9.17) is 5.84 Å². The molecule has 0 saturated carbocycles. The Morgan fingerprint density at radius 1 is 1.30 bits per heavy atom. The van der Waals surface area contributed by atoms with Gasteiger partial charge in [0.25, 0.3) is 5.91 Å². The Morgan fingerprint density at radius 2 is 2.05 bits per heavy atom. The molecular weight excluding hydrogens is 388 g/mol. The number of hydrazine groups is 1. The van der Waals surface area contributed by atoms with E-state index in [2.05, 4.69) is 47.6 Å². The van der Waals surface area contributed by atoms with Crippen LogP contribution in [0.25, 0.3) is 0 Å². The lowest BCUT2D eigenvalue weighted by atomic mass is 10.2. The first-order valence-corrected chi connectivity index (χ1v) is 7.29. The van der Waals surface area contributed by atoms with Gasteiger partial charge in [-0.1, -0.05) is 6.07 Å². The standard InChI is InChI=1S/C13H12Br2N4O/c1-7-2-3-10(15)11(4-7)18-13(20)9-5-8(14)6-17-12(9)19-16/h2-6H,16H2,1H3,(H,17,19)(H,18,20). The molecule has 0 aliphatic heterocycles. The van der Waals surface area contributed by atoms with Crippen LogP contribution in [0.3, 0.4) is 0 Å². The van der Waals surface area contributed by atoms with Crippen molar-refractivity contribution in [3.8, 4) is 0 Å². The van der Waals surface area contributed by atoms with Crippen LogP contribution >= 0.6 is 31.9 Å². The van der Waals surface area contributed by atoms with Crippen LogP contribution in [0.15, 0.2) is 39.4 Å². The maximum atomic E-state index is 12.3. The Labute approximate surface area is 133 Å². The summed E-state index contributed by atoms with van der Waals surface area (Å²) in [4.78, 5) is 16.4. The van der Waals surface area contributed by atoms with E-state index in [1.54, 1.807) is 12.3 Å². The summed E-state index contributed by atoms with van der Waals surface area (Å²) in [6.07, 6.45) is 1.56. The zero-order valence-corrected chi connectivity index (χ0v) is 13.7. The van der Waals surface area contributed by atoms with Crippen LogP contribution in [-0.4, -0.2) is 10.9 Å². The molecule has 0 radical (unpaired) electrons. The van der Waals surface area contributed by atoms with E-state index in [-0.39, 0.29) is 5.91 Å². The number of nitrogens with two attached hydrogens (primary N) is 1. The van der Waals surface area contributed by atoms with Gasteiger partial charge in [0.15, 0.2) is 5.82 Å². The lowest BCUT2D eigenvalue weighted by Crippen LogP contribution is -2.18. The van der Waals surface area contributed by atoms with Crippen molar-refractivity contribution in [2.45, 2.75) is 6.92 Å². The summed E-state index contributed by atoms with van der Waals surface area (Å²) in [5, 5.41) is 2.83. The van der Waals surface area contributed by atoms with E-state index < -0.39 is 0 Å². The Kier molecular flexibility index (Phi) is 4.74. The van der Waals surface area contributed by atoms with Gasteiger partial charge in [-0.3, -0.25) is 4.79 Å². The summed E-state index contributed by atoms with van der Waals surface area (Å²) in [5.41, 5.74) is 4.51. The third-order valence-corrected chi connectivity index (χ3v) is 3.73. The number of nitrogens with zero attached hydrogens (tertiary/aromatic N) is 1. The second-order valence-corrected chi connectivity index (χ2v) is 5.90. The Bertz CT molecular complexity index is 661. The fourth-order valence-electron chi connectivity index (χ4n) is 1.65. The number of halogens is 2. The topological polar surface area (TPSA) is 80.0 Å². The quantitative estimate of drug-likeness (QED) is 0.545. The molecule has 2 aromatic rings. The Hall–Kier alpha value is -1.44. The molecule has 2 rings (SSSR count). The summed E-state index contributed by atoms with van der Waals surface area (Å²) in [5.74, 6) is 5.39. The molecule has 5 nitrogen and oxygen atoms in total. The van der Waals surface area contributed by atoms with Gasteiger partial charge in [-0.15, -0.1) is 0 Å². The fourth-order valence-corrected chi connectivity index (χ4v) is 2.33. The van der Waals surface area contributed by atoms with E-state index >= 15 is 0 Å². The molecule has 104 valence electrons. The number of amides is 1. The van der Waals surface area contributed by atoms with E-state index in [0.29, 0.717) is 21.5 Å². The first kappa shape index (κ1) is 15.0. The molecule has 0 spiro atoms. The van der Waals surface area contributed by atoms with Gasteiger partial charge in [0, 0.05) is 15.1 Å². The fraction of sp³-hybridized carbons (Fsp3) is 0.0769. The molecule has 0 aliphatic carbocycles. The molecule has 7 heteroatoms. The highest BCUT2D eigenvalue weighted by Gasteiger charge is 2.14. The largest absolute Gasteiger partial charge is 0.321 e. The summed E-state index contributed by atoms with van der Waals surface area (Å²) >= 11 is 6.69. The van der Waals surface area contributed by atoms with Crippen molar-refractivity contribution in [1.29, 1.82) is 0 Å². The monoisotopic (exact) mass is 398 g/mol. The van der Waals surface area contributed by atoms with Gasteiger partial charge in [-0.25, -0.2) is 10.8 Å². The lowest BCUT2D eigenvalue weighted by Gasteiger charge is -2.11. The number of pyridine rings is 1. The number of carbonyl (C=O) groups excluding carboxylic acids is 1. The number of carbonyl (C=O) groups is 1. The zero-order valence-electron chi connectivity index (χ0n) is 10.6. The third-order valence-electron chi connectivity index (χ3n) is 2.61. The van der Waals surface area contributed by atoms with Crippen molar-refractivity contribution in [3.05, 3.63) is 50.5 Å². The summed E-state index contributed by atoms with van der Waals surface area (Å²) in [6, 6.07) is 7.36. The van der Waals surface area contributed by atoms with Gasteiger partial charge in [0.1, 0.15) is 0 Å². The number of hydrogen-bond donors (Lipinski definition) is 3. The molecule has 1 aromatic carbocycles. The molecule has 1 amide bonds. The van der Waals surface area contributed by atoms with Crippen molar-refractivity contribution in [1.82, 2.24) is 4.98 Å². The molecular formula is C13H12Br2N4O. The van der Waals surface area contributed by atoms with Crippen molar-refractivity contribution in [3.63, 3.8) is 0 Å². The molecule has 0 atom stereocenters. The number of aromatic nitrogens is 1. The summed E-state index contributed by atoms with van der Waals surface area (Å²) < 4.78 is 1.51. The number of benzene rings is 1. The van der Waals surface area contributed by atoms with Crippen molar-refractivity contribution in [2.24, 2.45) is 5.84 Å². The van der Waals surface area contributed by atoms with Crippen molar-refractivity contribution >= 4 is 49.3 Å². The minimum absolute atomic E-state index is 0.293. The SMILES string of the molecule is Cc1ccc(Br)c(NC(=O)c2cc(Br)cnc2NN)c1. The van der Waals surface area contributed by atoms with Crippen LogP contribution < -0.4 is 16.6 Å². The number of anilines is 2. The lowest BCUT2D eigenvalue weighted by molar-refractivity contribution is 0.102. The molecule has 1 heterocycles. The molecule has 0 unspecified atom stereocenters. The number of nitrogen functional groups attached to an aromatic ring is 1. The maximum absolute atomic E-state index is 12.3. The summed E-state index contributed by atoms with van der Waals surface area (Å²) in [6.45, 7) is 1.95. The minimum atomic E-state index is -0.293. The van der Waals surface area contributed by atoms with Gasteiger partial charge < -0.3 is 10.7 Å². The number of aryl methyl sites for hydroxylation is 1. The van der Waals surface area contributed by atoms with E-state index in [1.165, 1.54) is 0 Å². The van der Waals surface area contributed by atoms with E-state index in [0.717, 1.165) is 10.0 Å². The molecule has 0 fully saturated rings. The average molecular weight is 400 g/mol. The van der Waals surface area contributed by atoms with Gasteiger partial charge in [-0.2, -0.15) is 0 Å². The van der Waals surface area contributed by atoms with Gasteiger partial charge >= 0.3 is 0 Å². The van der Waals surface area contributed by atoms with Gasteiger partial charge in [-0.05, 0) is 62.5 Å². The Balaban J connectivity index is 2.32. The number of rotatable bonds is 3. The third kappa shape index (κ3) is 3.36. The van der Waals surface area contributed by atoms with Crippen LogP contribution in [0.2, 0.25) is 0 Å². The molecule has 0 saturated heterocycles. The predicted octanol–water partition coefficient (Wildman–Crippen LogP) is 3.45. The first-order chi connectivity index (χ1) is 9.51. The highest BCUT2D eigenvalue weighted by Crippen LogP contribution is 2.25. The van der Waals surface area contributed by atoms with E-state index in [9.17, 15) is 4.79 Å². The number of nitrogens with one attached hydrogen (secondary N) is 2. The van der Waals surface area contributed by atoms with Crippen molar-refractivity contribution < 1.29 is 4.79 Å². The normalized spacial score (nSPS) is 10.2. The zero-order chi connectivity index (χ0) is 14.7. The molecule has 0 bridgehead atoms. The highest BCUT2D eigenvalue weighted by atomic mass is 79.9. The number of hydrogen-bond acceptors (Lipinski definition) is 4. The Morgan fingerprint density at radius 3 is 2.75 bits per heavy atom. The van der Waals surface area contributed by atoms with Crippen LogP contribution in [0.4, 0.5) is 11.5 Å². The average Bonchev–Trinajstić information content (AvgIpc) is 2.42. The predicted molar refractivity (Wildman–Crippen MR) is 86.6 cm³/mol. The van der Waals surface area contributed by atoms with Crippen LogP contribution in [0, 0.1) is 6.92 Å². The van der Waals surface area contributed by atoms with Crippen LogP contribution in [0.1, 0.15) is 15.9 Å². The van der Waals surface area contributed by atoms with Gasteiger partial charge in [0.05, 0.1) is 11.3 Å².